The van der Waals surface area contributed by atoms with Gasteiger partial charge in [0.1, 0.15) is 0 Å². The number of benzene rings is 2. The Bertz CT molecular complexity index is 597. The van der Waals surface area contributed by atoms with Crippen LogP contribution in [0.3, 0.4) is 0 Å². The van der Waals surface area contributed by atoms with Gasteiger partial charge in [-0.15, -0.1) is 0 Å². The van der Waals surface area contributed by atoms with Crippen molar-refractivity contribution in [3.05, 3.63) is 55.1 Å². The van der Waals surface area contributed by atoms with Crippen molar-refractivity contribution in [1.82, 2.24) is 10.7 Å². The topological polar surface area (TPSA) is 39.9 Å². The lowest BCUT2D eigenvalue weighted by Crippen LogP contribution is -1.82. The summed E-state index contributed by atoms with van der Waals surface area (Å²) >= 11 is 0. The van der Waals surface area contributed by atoms with Crippen LogP contribution in [-0.4, -0.2) is 4.57 Å². The molecule has 0 spiro atoms. The summed E-state index contributed by atoms with van der Waals surface area (Å²) in [7, 11) is 0. The van der Waals surface area contributed by atoms with E-state index in [9.17, 15) is 0 Å². The van der Waals surface area contributed by atoms with Gasteiger partial charge in [0.2, 0.25) is 0 Å². The molecule has 0 aliphatic carbocycles. The van der Waals surface area contributed by atoms with Gasteiger partial charge in [-0.3, -0.25) is 0 Å². The van der Waals surface area contributed by atoms with E-state index in [1.807, 2.05) is 6.20 Å². The zero-order valence-corrected chi connectivity index (χ0v) is 9.06. The average molecular weight is 210 g/mol. The quantitative estimate of drug-likeness (QED) is 0.646. The Labute approximate surface area is 94.4 Å². The van der Waals surface area contributed by atoms with E-state index >= 15 is 0 Å². The van der Waals surface area contributed by atoms with Crippen LogP contribution >= 0.6 is 0 Å². The molecule has 0 radical (unpaired) electrons. The number of hydrogen-bond acceptors (Lipinski definition) is 1. The number of fused-ring (bicyclic) bond motifs is 3. The first-order chi connectivity index (χ1) is 7.42. The predicted octanol–water partition coefficient (Wildman–Crippen LogP) is 4.06. The van der Waals surface area contributed by atoms with E-state index in [-0.39, 0.29) is 6.15 Å². The lowest BCUT2D eigenvalue weighted by Gasteiger charge is -1.97. The molecule has 1 heterocycles. The van der Waals surface area contributed by atoms with Gasteiger partial charge in [-0.25, -0.2) is 0 Å². The van der Waals surface area contributed by atoms with E-state index in [1.165, 1.54) is 21.8 Å². The molecular weight excluding hydrogens is 196 g/mol. The van der Waals surface area contributed by atoms with Crippen LogP contribution in [0, 0.1) is 0 Å². The van der Waals surface area contributed by atoms with Crippen molar-refractivity contribution < 1.29 is 0 Å². The standard InChI is InChI=1S/C14H11N.H3N/c1-2-15-13-9-5-3-7-11(13)12-8-4-6-10-14(12)15;/h2-10H,1H2;1H3. The predicted molar refractivity (Wildman–Crippen MR) is 70.9 cm³/mol. The fraction of sp³-hybridized carbons (Fsp3) is 0. The Balaban J connectivity index is 0.000000963. The molecule has 3 rings (SSSR count). The van der Waals surface area contributed by atoms with Gasteiger partial charge in [0, 0.05) is 17.0 Å². The summed E-state index contributed by atoms with van der Waals surface area (Å²) in [6.07, 6.45) is 1.87. The molecule has 3 N–H and O–H groups in total. The highest BCUT2D eigenvalue weighted by molar-refractivity contribution is 6.09. The second-order valence-corrected chi connectivity index (χ2v) is 3.59. The lowest BCUT2D eigenvalue weighted by atomic mass is 10.2. The van der Waals surface area contributed by atoms with Crippen LogP contribution in [0.5, 0.6) is 0 Å². The van der Waals surface area contributed by atoms with Crippen LogP contribution in [0.25, 0.3) is 28.0 Å². The van der Waals surface area contributed by atoms with Gasteiger partial charge < -0.3 is 10.7 Å². The number of rotatable bonds is 1. The van der Waals surface area contributed by atoms with Gasteiger partial charge in [0.25, 0.3) is 0 Å². The summed E-state index contributed by atoms with van der Waals surface area (Å²) in [5.74, 6) is 0. The van der Waals surface area contributed by atoms with Crippen molar-refractivity contribution in [2.45, 2.75) is 0 Å². The third kappa shape index (κ3) is 1.24. The second-order valence-electron chi connectivity index (χ2n) is 3.59. The van der Waals surface area contributed by atoms with Crippen molar-refractivity contribution in [2.75, 3.05) is 0 Å². The first kappa shape index (κ1) is 10.5. The summed E-state index contributed by atoms with van der Waals surface area (Å²) in [6, 6.07) is 16.8. The molecule has 0 unspecified atom stereocenters. The largest absolute Gasteiger partial charge is 0.344 e. The molecule has 0 saturated carbocycles. The maximum atomic E-state index is 3.87. The van der Waals surface area contributed by atoms with Gasteiger partial charge in [-0.2, -0.15) is 0 Å². The summed E-state index contributed by atoms with van der Waals surface area (Å²) in [6.45, 7) is 3.87. The van der Waals surface area contributed by atoms with Gasteiger partial charge >= 0.3 is 0 Å². The molecule has 0 saturated heterocycles. The molecule has 2 nitrogen and oxygen atoms in total. The van der Waals surface area contributed by atoms with Crippen molar-refractivity contribution >= 4 is 28.0 Å². The van der Waals surface area contributed by atoms with Crippen LogP contribution < -0.4 is 6.15 Å². The minimum atomic E-state index is 0. The Morgan fingerprint density at radius 1 is 0.812 bits per heavy atom. The zero-order chi connectivity index (χ0) is 10.3. The molecule has 2 heteroatoms. The first-order valence-corrected chi connectivity index (χ1v) is 5.02. The van der Waals surface area contributed by atoms with Crippen molar-refractivity contribution in [3.8, 4) is 0 Å². The Morgan fingerprint density at radius 3 is 1.69 bits per heavy atom. The van der Waals surface area contributed by atoms with Crippen LogP contribution in [0.1, 0.15) is 0 Å². The SMILES string of the molecule is C=Cn1c2ccccc2c2ccccc21.N. The van der Waals surface area contributed by atoms with E-state index in [2.05, 4.69) is 59.7 Å². The van der Waals surface area contributed by atoms with E-state index in [1.54, 1.807) is 0 Å². The smallest absolute Gasteiger partial charge is 0.0534 e. The normalized spacial score (nSPS) is 10.2. The fourth-order valence-electron chi connectivity index (χ4n) is 2.15. The van der Waals surface area contributed by atoms with Crippen molar-refractivity contribution in [3.63, 3.8) is 0 Å². The lowest BCUT2D eigenvalue weighted by molar-refractivity contribution is 1.30. The van der Waals surface area contributed by atoms with E-state index in [0.29, 0.717) is 0 Å². The molecule has 1 aromatic heterocycles. The van der Waals surface area contributed by atoms with E-state index < -0.39 is 0 Å². The van der Waals surface area contributed by atoms with Crippen LogP contribution in [0.15, 0.2) is 55.1 Å². The molecule has 80 valence electrons. The van der Waals surface area contributed by atoms with E-state index in [4.69, 9.17) is 0 Å². The van der Waals surface area contributed by atoms with Gasteiger partial charge in [0.15, 0.2) is 0 Å². The maximum Gasteiger partial charge on any atom is 0.0534 e. The first-order valence-electron chi connectivity index (χ1n) is 5.02. The van der Waals surface area contributed by atoms with Gasteiger partial charge in [0.05, 0.1) is 11.0 Å². The van der Waals surface area contributed by atoms with Crippen molar-refractivity contribution in [1.29, 1.82) is 0 Å². The Hall–Kier alpha value is -2.06. The number of para-hydroxylation sites is 2. The number of aromatic nitrogens is 1. The highest BCUT2D eigenvalue weighted by atomic mass is 14.9. The third-order valence-corrected chi connectivity index (χ3v) is 2.80. The van der Waals surface area contributed by atoms with Gasteiger partial charge in [-0.1, -0.05) is 43.0 Å². The maximum absolute atomic E-state index is 3.87. The second kappa shape index (κ2) is 3.83. The molecule has 0 aliphatic rings. The molecular formula is C14H14N2. The minimum Gasteiger partial charge on any atom is -0.344 e. The molecule has 2 aromatic carbocycles. The molecule has 3 aromatic rings. The molecule has 16 heavy (non-hydrogen) atoms. The average Bonchev–Trinajstić information content (AvgIpc) is 2.63. The van der Waals surface area contributed by atoms with Crippen LogP contribution in [0.4, 0.5) is 0 Å². The highest BCUT2D eigenvalue weighted by Gasteiger charge is 2.06. The molecule has 0 amide bonds. The molecule has 0 atom stereocenters. The summed E-state index contributed by atoms with van der Waals surface area (Å²) in [5, 5.41) is 2.57. The number of hydrogen-bond donors (Lipinski definition) is 1. The number of nitrogens with zero attached hydrogens (tertiary/aromatic N) is 1. The fourth-order valence-corrected chi connectivity index (χ4v) is 2.15. The minimum absolute atomic E-state index is 0. The third-order valence-electron chi connectivity index (χ3n) is 2.80. The summed E-state index contributed by atoms with van der Waals surface area (Å²) < 4.78 is 2.13. The zero-order valence-electron chi connectivity index (χ0n) is 9.06. The van der Waals surface area contributed by atoms with Crippen LogP contribution in [-0.2, 0) is 0 Å². The molecule has 0 bridgehead atoms. The van der Waals surface area contributed by atoms with Crippen LogP contribution in [0.2, 0.25) is 0 Å². The van der Waals surface area contributed by atoms with Crippen molar-refractivity contribution in [2.24, 2.45) is 0 Å². The Kier molecular flexibility index (Phi) is 2.50. The molecule has 0 fully saturated rings. The van der Waals surface area contributed by atoms with Gasteiger partial charge in [-0.05, 0) is 12.1 Å². The van der Waals surface area contributed by atoms with E-state index in [0.717, 1.165) is 0 Å². The summed E-state index contributed by atoms with van der Waals surface area (Å²) in [5.41, 5.74) is 2.43. The summed E-state index contributed by atoms with van der Waals surface area (Å²) in [4.78, 5) is 0. The Morgan fingerprint density at radius 2 is 1.25 bits per heavy atom. The monoisotopic (exact) mass is 210 g/mol. The highest BCUT2D eigenvalue weighted by Crippen LogP contribution is 2.28. The molecule has 0 aliphatic heterocycles.